The fourth-order valence-corrected chi connectivity index (χ4v) is 3.78. The highest BCUT2D eigenvalue weighted by atomic mass is 16.5. The summed E-state index contributed by atoms with van der Waals surface area (Å²) in [6, 6.07) is 7.14. The molecule has 1 aliphatic carbocycles. The molecule has 3 rings (SSSR count). The molecule has 1 aromatic rings. The van der Waals surface area contributed by atoms with E-state index in [1.807, 2.05) is 0 Å². The van der Waals surface area contributed by atoms with Crippen LogP contribution in [0.15, 0.2) is 30.4 Å². The highest BCUT2D eigenvalue weighted by molar-refractivity contribution is 5.46. The van der Waals surface area contributed by atoms with Crippen LogP contribution in [-0.2, 0) is 6.42 Å². The second-order valence-corrected chi connectivity index (χ2v) is 5.71. The Balaban J connectivity index is 1.96. The van der Waals surface area contributed by atoms with Gasteiger partial charge in [-0.3, -0.25) is 0 Å². The molecule has 0 bridgehead atoms. The minimum atomic E-state index is 0.606. The van der Waals surface area contributed by atoms with Gasteiger partial charge in [-0.05, 0) is 43.7 Å². The number of piperidine rings is 1. The number of nitrogens with one attached hydrogen (secondary N) is 1. The molecule has 2 nitrogen and oxygen atoms in total. The van der Waals surface area contributed by atoms with Crippen molar-refractivity contribution in [1.29, 1.82) is 0 Å². The van der Waals surface area contributed by atoms with Gasteiger partial charge in [-0.1, -0.05) is 24.3 Å². The van der Waals surface area contributed by atoms with Crippen molar-refractivity contribution in [3.8, 4) is 5.75 Å². The Morgan fingerprint density at radius 2 is 2.26 bits per heavy atom. The summed E-state index contributed by atoms with van der Waals surface area (Å²) in [4.78, 5) is 0. The van der Waals surface area contributed by atoms with Crippen molar-refractivity contribution in [2.24, 2.45) is 5.92 Å². The molecule has 0 radical (unpaired) electrons. The lowest BCUT2D eigenvalue weighted by Gasteiger charge is -2.41. The molecule has 2 heteroatoms. The Hall–Kier alpha value is -1.28. The maximum atomic E-state index is 5.61. The van der Waals surface area contributed by atoms with Gasteiger partial charge in [0.25, 0.3) is 0 Å². The number of benzene rings is 1. The van der Waals surface area contributed by atoms with Gasteiger partial charge in [-0.25, -0.2) is 0 Å². The predicted molar refractivity (Wildman–Crippen MR) is 78.8 cm³/mol. The quantitative estimate of drug-likeness (QED) is 0.821. The Bertz CT molecular complexity index is 466. The van der Waals surface area contributed by atoms with E-state index < -0.39 is 0 Å². The monoisotopic (exact) mass is 257 g/mol. The van der Waals surface area contributed by atoms with Crippen molar-refractivity contribution >= 4 is 0 Å². The van der Waals surface area contributed by atoms with Gasteiger partial charge in [0.15, 0.2) is 0 Å². The summed E-state index contributed by atoms with van der Waals surface area (Å²) in [6.07, 6.45) is 8.20. The van der Waals surface area contributed by atoms with E-state index in [4.69, 9.17) is 4.74 Å². The highest BCUT2D eigenvalue weighted by Crippen LogP contribution is 2.43. The van der Waals surface area contributed by atoms with Crippen LogP contribution < -0.4 is 10.1 Å². The lowest BCUT2D eigenvalue weighted by molar-refractivity contribution is 0.273. The van der Waals surface area contributed by atoms with Gasteiger partial charge >= 0.3 is 0 Å². The summed E-state index contributed by atoms with van der Waals surface area (Å²) >= 11 is 0. The zero-order valence-corrected chi connectivity index (χ0v) is 11.9. The number of methoxy groups -OCH3 is 1. The topological polar surface area (TPSA) is 21.3 Å². The maximum Gasteiger partial charge on any atom is 0.122 e. The van der Waals surface area contributed by atoms with E-state index in [-0.39, 0.29) is 0 Å². The van der Waals surface area contributed by atoms with Gasteiger partial charge in [0.05, 0.1) is 7.11 Å². The minimum Gasteiger partial charge on any atom is -0.496 e. The van der Waals surface area contributed by atoms with E-state index in [9.17, 15) is 0 Å². The van der Waals surface area contributed by atoms with Crippen LogP contribution in [0.2, 0.25) is 0 Å². The van der Waals surface area contributed by atoms with Crippen LogP contribution in [0.4, 0.5) is 0 Å². The molecule has 1 N–H and O–H groups in total. The van der Waals surface area contributed by atoms with Gasteiger partial charge in [-0.2, -0.15) is 0 Å². The first-order valence-corrected chi connectivity index (χ1v) is 7.35. The number of rotatable bonds is 2. The van der Waals surface area contributed by atoms with Gasteiger partial charge in [0.2, 0.25) is 0 Å². The van der Waals surface area contributed by atoms with Crippen LogP contribution >= 0.6 is 0 Å². The second-order valence-electron chi connectivity index (χ2n) is 5.71. The van der Waals surface area contributed by atoms with Crippen molar-refractivity contribution in [2.45, 2.75) is 38.1 Å². The Labute approximate surface area is 115 Å². The lowest BCUT2D eigenvalue weighted by atomic mass is 9.72. The molecule has 2 aliphatic rings. The molecular formula is C17H23NO. The van der Waals surface area contributed by atoms with E-state index in [1.54, 1.807) is 7.11 Å². The third-order valence-electron chi connectivity index (χ3n) is 4.62. The number of allylic oxidation sites excluding steroid dienone is 1. The first-order chi connectivity index (χ1) is 9.33. The minimum absolute atomic E-state index is 0.606. The Kier molecular flexibility index (Phi) is 3.61. The number of hydrogen-bond donors (Lipinski definition) is 1. The maximum absolute atomic E-state index is 5.61. The van der Waals surface area contributed by atoms with Gasteiger partial charge < -0.3 is 10.1 Å². The second kappa shape index (κ2) is 5.38. The van der Waals surface area contributed by atoms with Gasteiger partial charge in [0, 0.05) is 24.1 Å². The number of ether oxygens (including phenoxy) is 1. The van der Waals surface area contributed by atoms with Crippen LogP contribution in [0, 0.1) is 5.92 Å². The summed E-state index contributed by atoms with van der Waals surface area (Å²) in [5.41, 5.74) is 2.95. The fourth-order valence-electron chi connectivity index (χ4n) is 3.78. The average molecular weight is 257 g/mol. The normalized spacial score (nSPS) is 29.9. The molecule has 1 saturated heterocycles. The van der Waals surface area contributed by atoms with E-state index in [2.05, 4.69) is 42.6 Å². The molecule has 0 saturated carbocycles. The first-order valence-electron chi connectivity index (χ1n) is 7.35. The van der Waals surface area contributed by atoms with Crippen molar-refractivity contribution in [1.82, 2.24) is 5.32 Å². The van der Waals surface area contributed by atoms with Gasteiger partial charge in [0.1, 0.15) is 5.75 Å². The Morgan fingerprint density at radius 3 is 3.05 bits per heavy atom. The van der Waals surface area contributed by atoms with Crippen molar-refractivity contribution in [3.05, 3.63) is 41.5 Å². The highest BCUT2D eigenvalue weighted by Gasteiger charge is 2.36. The average Bonchev–Trinajstić information content (AvgIpc) is 2.46. The molecule has 1 heterocycles. The molecule has 19 heavy (non-hydrogen) atoms. The molecule has 0 aromatic heterocycles. The molecule has 0 amide bonds. The SMILES string of the molecule is C/C=C\C1CNC2CCc3cccc(OC)c3C2C1. The summed E-state index contributed by atoms with van der Waals surface area (Å²) in [7, 11) is 1.79. The largest absolute Gasteiger partial charge is 0.496 e. The number of hydrogen-bond acceptors (Lipinski definition) is 2. The standard InChI is InChI=1S/C17H23NO/c1-3-5-12-10-14-15(18-11-12)9-8-13-6-4-7-16(19-2)17(13)14/h3-7,12,14-15,18H,8-11H2,1-2H3/b5-3-. The smallest absolute Gasteiger partial charge is 0.122 e. The number of aryl methyl sites for hydroxylation is 1. The molecule has 102 valence electrons. The molecule has 1 aliphatic heterocycles. The van der Waals surface area contributed by atoms with Crippen molar-refractivity contribution in [2.75, 3.05) is 13.7 Å². The van der Waals surface area contributed by atoms with E-state index in [1.165, 1.54) is 30.4 Å². The van der Waals surface area contributed by atoms with Crippen molar-refractivity contribution < 1.29 is 4.74 Å². The zero-order chi connectivity index (χ0) is 13.2. The molecule has 0 spiro atoms. The lowest BCUT2D eigenvalue weighted by Crippen LogP contribution is -2.46. The summed E-state index contributed by atoms with van der Waals surface area (Å²) in [6.45, 7) is 3.23. The van der Waals surface area contributed by atoms with Crippen LogP contribution in [0.5, 0.6) is 5.75 Å². The summed E-state index contributed by atoms with van der Waals surface area (Å²) in [5, 5.41) is 3.74. The molecule has 3 atom stereocenters. The first kappa shape index (κ1) is 12.7. The van der Waals surface area contributed by atoms with Crippen LogP contribution in [-0.4, -0.2) is 19.7 Å². The van der Waals surface area contributed by atoms with Crippen LogP contribution in [0.3, 0.4) is 0 Å². The van der Waals surface area contributed by atoms with Crippen molar-refractivity contribution in [3.63, 3.8) is 0 Å². The zero-order valence-electron chi connectivity index (χ0n) is 11.9. The van der Waals surface area contributed by atoms with E-state index in [0.29, 0.717) is 17.9 Å². The third kappa shape index (κ3) is 2.30. The summed E-state index contributed by atoms with van der Waals surface area (Å²) in [5.74, 6) is 2.34. The molecule has 1 aromatic carbocycles. The van der Waals surface area contributed by atoms with E-state index in [0.717, 1.165) is 12.3 Å². The molecule has 3 unspecified atom stereocenters. The third-order valence-corrected chi connectivity index (χ3v) is 4.62. The predicted octanol–water partition coefficient (Wildman–Crippen LogP) is 3.28. The molecule has 1 fully saturated rings. The fraction of sp³-hybridized carbons (Fsp3) is 0.529. The Morgan fingerprint density at radius 1 is 1.37 bits per heavy atom. The molecular weight excluding hydrogens is 234 g/mol. The summed E-state index contributed by atoms with van der Waals surface area (Å²) < 4.78 is 5.61. The van der Waals surface area contributed by atoms with Crippen LogP contribution in [0.1, 0.15) is 36.8 Å². The van der Waals surface area contributed by atoms with Crippen LogP contribution in [0.25, 0.3) is 0 Å². The number of fused-ring (bicyclic) bond motifs is 3. The van der Waals surface area contributed by atoms with E-state index >= 15 is 0 Å². The van der Waals surface area contributed by atoms with Gasteiger partial charge in [-0.15, -0.1) is 0 Å².